The van der Waals surface area contributed by atoms with Crippen LogP contribution in [0.15, 0.2) is 60.8 Å². The van der Waals surface area contributed by atoms with Crippen molar-refractivity contribution in [3.05, 3.63) is 71.9 Å². The highest BCUT2D eigenvalue weighted by atomic mass is 16.5. The minimum absolute atomic E-state index is 0.533. The molecule has 0 aliphatic rings. The summed E-state index contributed by atoms with van der Waals surface area (Å²) in [7, 11) is 3.31. The summed E-state index contributed by atoms with van der Waals surface area (Å²) < 4.78 is 12.1. The lowest BCUT2D eigenvalue weighted by Crippen LogP contribution is -2.12. The summed E-state index contributed by atoms with van der Waals surface area (Å²) in [6.07, 6.45) is 1.70. The highest BCUT2D eigenvalue weighted by Gasteiger charge is 2.08. The van der Waals surface area contributed by atoms with Gasteiger partial charge in [-0.2, -0.15) is 19.6 Å². The fraction of sp³-hybridized carbons (Fsp3) is 0.190. The van der Waals surface area contributed by atoms with Crippen molar-refractivity contribution in [2.24, 2.45) is 0 Å². The topological polar surface area (TPSA) is 85.6 Å². The number of hydrogen-bond acceptors (Lipinski definition) is 7. The predicted molar refractivity (Wildman–Crippen MR) is 111 cm³/mol. The van der Waals surface area contributed by atoms with Gasteiger partial charge in [-0.25, -0.2) is 0 Å². The van der Waals surface area contributed by atoms with Crippen molar-refractivity contribution in [1.29, 1.82) is 0 Å². The van der Waals surface area contributed by atoms with E-state index in [1.54, 1.807) is 24.9 Å². The van der Waals surface area contributed by atoms with E-state index in [0.29, 0.717) is 25.0 Å². The molecular weight excluding hydrogens is 368 g/mol. The molecule has 4 aromatic rings. The predicted octanol–water partition coefficient (Wildman–Crippen LogP) is 3.37. The SMILES string of the molecule is COc1ccc(CNc2nc(NCc3ccc(OC)cc3)n3nccc3n2)cc1. The smallest absolute Gasteiger partial charge is 0.229 e. The lowest BCUT2D eigenvalue weighted by atomic mass is 10.2. The summed E-state index contributed by atoms with van der Waals surface area (Å²) >= 11 is 0. The molecule has 0 aliphatic heterocycles. The molecule has 0 aliphatic carbocycles. The van der Waals surface area contributed by atoms with Crippen LogP contribution in [0.1, 0.15) is 11.1 Å². The number of rotatable bonds is 8. The Morgan fingerprint density at radius 1 is 0.759 bits per heavy atom. The Morgan fingerprint density at radius 2 is 1.34 bits per heavy atom. The Bertz CT molecular complexity index is 1080. The second-order valence-electron chi connectivity index (χ2n) is 6.38. The second-order valence-corrected chi connectivity index (χ2v) is 6.38. The number of anilines is 2. The zero-order chi connectivity index (χ0) is 20.1. The van der Waals surface area contributed by atoms with Gasteiger partial charge in [0.1, 0.15) is 11.5 Å². The number of benzene rings is 2. The first-order chi connectivity index (χ1) is 14.2. The standard InChI is InChI=1S/C21H22N6O2/c1-28-17-7-3-15(4-8-17)13-22-20-25-19-11-12-24-27(19)21(26-20)23-14-16-5-9-18(29-2)10-6-16/h3-12H,13-14H2,1-2H3,(H2,22,23,25,26). The first-order valence-corrected chi connectivity index (χ1v) is 9.20. The Hall–Kier alpha value is -3.81. The quantitative estimate of drug-likeness (QED) is 0.477. The zero-order valence-electron chi connectivity index (χ0n) is 16.3. The van der Waals surface area contributed by atoms with Crippen LogP contribution in [0, 0.1) is 0 Å². The van der Waals surface area contributed by atoms with Crippen molar-refractivity contribution in [3.8, 4) is 11.5 Å². The molecule has 8 heteroatoms. The van der Waals surface area contributed by atoms with E-state index in [4.69, 9.17) is 9.47 Å². The third kappa shape index (κ3) is 4.37. The van der Waals surface area contributed by atoms with E-state index >= 15 is 0 Å². The summed E-state index contributed by atoms with van der Waals surface area (Å²) in [5.74, 6) is 2.81. The zero-order valence-corrected chi connectivity index (χ0v) is 16.3. The van der Waals surface area contributed by atoms with Gasteiger partial charge in [0, 0.05) is 19.2 Å². The molecule has 4 rings (SSSR count). The fourth-order valence-corrected chi connectivity index (χ4v) is 2.87. The first kappa shape index (κ1) is 18.5. The Balaban J connectivity index is 1.48. The number of hydrogen-bond donors (Lipinski definition) is 2. The van der Waals surface area contributed by atoms with Crippen molar-refractivity contribution in [2.75, 3.05) is 24.9 Å². The molecule has 0 radical (unpaired) electrons. The van der Waals surface area contributed by atoms with Crippen molar-refractivity contribution < 1.29 is 9.47 Å². The highest BCUT2D eigenvalue weighted by molar-refractivity contribution is 5.49. The first-order valence-electron chi connectivity index (χ1n) is 9.20. The van der Waals surface area contributed by atoms with Crippen LogP contribution in [0.4, 0.5) is 11.9 Å². The molecule has 2 aromatic heterocycles. The van der Waals surface area contributed by atoms with Crippen LogP contribution in [0.5, 0.6) is 11.5 Å². The summed E-state index contributed by atoms with van der Waals surface area (Å²) in [6, 6.07) is 17.6. The molecule has 0 bridgehead atoms. The average molecular weight is 390 g/mol. The molecule has 2 N–H and O–H groups in total. The van der Waals surface area contributed by atoms with Gasteiger partial charge in [0.2, 0.25) is 11.9 Å². The van der Waals surface area contributed by atoms with E-state index in [9.17, 15) is 0 Å². The minimum atomic E-state index is 0.533. The maximum Gasteiger partial charge on any atom is 0.229 e. The Morgan fingerprint density at radius 3 is 1.93 bits per heavy atom. The van der Waals surface area contributed by atoms with E-state index < -0.39 is 0 Å². The molecule has 148 valence electrons. The number of methoxy groups -OCH3 is 2. The molecule has 0 atom stereocenters. The maximum absolute atomic E-state index is 5.20. The van der Waals surface area contributed by atoms with Gasteiger partial charge in [-0.3, -0.25) is 0 Å². The normalized spacial score (nSPS) is 10.7. The summed E-state index contributed by atoms with van der Waals surface area (Å²) in [4.78, 5) is 9.11. The van der Waals surface area contributed by atoms with Crippen LogP contribution in [-0.2, 0) is 13.1 Å². The molecule has 2 heterocycles. The fourth-order valence-electron chi connectivity index (χ4n) is 2.87. The van der Waals surface area contributed by atoms with Gasteiger partial charge in [-0.05, 0) is 35.4 Å². The summed E-state index contributed by atoms with van der Waals surface area (Å²) in [6.45, 7) is 1.21. The van der Waals surface area contributed by atoms with Gasteiger partial charge >= 0.3 is 0 Å². The number of nitrogens with zero attached hydrogens (tertiary/aromatic N) is 4. The number of fused-ring (bicyclic) bond motifs is 1. The molecule has 0 fully saturated rings. The van der Waals surface area contributed by atoms with Crippen LogP contribution in [-0.4, -0.2) is 33.8 Å². The number of ether oxygens (including phenoxy) is 2. The monoisotopic (exact) mass is 390 g/mol. The molecule has 29 heavy (non-hydrogen) atoms. The second kappa shape index (κ2) is 8.47. The average Bonchev–Trinajstić information content (AvgIpc) is 3.25. The maximum atomic E-state index is 5.20. The molecular formula is C21H22N6O2. The van der Waals surface area contributed by atoms with Crippen LogP contribution in [0.2, 0.25) is 0 Å². The van der Waals surface area contributed by atoms with Gasteiger partial charge in [-0.15, -0.1) is 0 Å². The molecule has 0 saturated carbocycles. The van der Waals surface area contributed by atoms with Gasteiger partial charge in [-0.1, -0.05) is 24.3 Å². The van der Waals surface area contributed by atoms with E-state index in [0.717, 1.165) is 28.3 Å². The van der Waals surface area contributed by atoms with Gasteiger partial charge in [0.05, 0.1) is 20.4 Å². The molecule has 0 unspecified atom stereocenters. The number of nitrogens with one attached hydrogen (secondary N) is 2. The third-order valence-electron chi connectivity index (χ3n) is 4.47. The van der Waals surface area contributed by atoms with Crippen molar-refractivity contribution >= 4 is 17.5 Å². The minimum Gasteiger partial charge on any atom is -0.497 e. The molecule has 0 amide bonds. The van der Waals surface area contributed by atoms with Gasteiger partial charge in [0.15, 0.2) is 5.65 Å². The van der Waals surface area contributed by atoms with Gasteiger partial charge in [0.25, 0.3) is 0 Å². The summed E-state index contributed by atoms with van der Waals surface area (Å²) in [5, 5.41) is 10.9. The van der Waals surface area contributed by atoms with Gasteiger partial charge < -0.3 is 20.1 Å². The van der Waals surface area contributed by atoms with E-state index in [1.807, 2.05) is 54.6 Å². The van der Waals surface area contributed by atoms with Crippen LogP contribution >= 0.6 is 0 Å². The Labute approximate surface area is 168 Å². The third-order valence-corrected chi connectivity index (χ3v) is 4.47. The molecule has 0 spiro atoms. The number of aromatic nitrogens is 4. The lowest BCUT2D eigenvalue weighted by molar-refractivity contribution is 0.414. The van der Waals surface area contributed by atoms with Crippen molar-refractivity contribution in [1.82, 2.24) is 19.6 Å². The van der Waals surface area contributed by atoms with E-state index in [1.165, 1.54) is 0 Å². The lowest BCUT2D eigenvalue weighted by Gasteiger charge is -2.11. The Kier molecular flexibility index (Phi) is 5.42. The molecule has 8 nitrogen and oxygen atoms in total. The summed E-state index contributed by atoms with van der Waals surface area (Å²) in [5.41, 5.74) is 2.93. The van der Waals surface area contributed by atoms with Crippen molar-refractivity contribution in [3.63, 3.8) is 0 Å². The van der Waals surface area contributed by atoms with E-state index in [-0.39, 0.29) is 0 Å². The molecule has 0 saturated heterocycles. The van der Waals surface area contributed by atoms with Crippen molar-refractivity contribution in [2.45, 2.75) is 13.1 Å². The van der Waals surface area contributed by atoms with E-state index in [2.05, 4.69) is 25.7 Å². The highest BCUT2D eigenvalue weighted by Crippen LogP contribution is 2.16. The van der Waals surface area contributed by atoms with Crippen LogP contribution in [0.3, 0.4) is 0 Å². The van der Waals surface area contributed by atoms with Crippen LogP contribution in [0.25, 0.3) is 5.65 Å². The molecule has 2 aromatic carbocycles. The van der Waals surface area contributed by atoms with Crippen LogP contribution < -0.4 is 20.1 Å². The largest absolute Gasteiger partial charge is 0.497 e.